The molecule has 1 atom stereocenters. The second-order valence-electron chi connectivity index (χ2n) is 19.3. The number of anilines is 3. The van der Waals surface area contributed by atoms with Gasteiger partial charge in [-0.05, 0) is 122 Å². The highest BCUT2D eigenvalue weighted by molar-refractivity contribution is 6.11. The van der Waals surface area contributed by atoms with Gasteiger partial charge in [0.15, 0.2) is 5.65 Å². The van der Waals surface area contributed by atoms with E-state index in [1.165, 1.54) is 77.4 Å². The van der Waals surface area contributed by atoms with Gasteiger partial charge in [-0.1, -0.05) is 178 Å². The second-order valence-corrected chi connectivity index (χ2v) is 19.3. The fraction of sp³-hybridized carbons (Fsp3) is 0.0606. The van der Waals surface area contributed by atoms with Crippen molar-refractivity contribution in [3.63, 3.8) is 0 Å². The van der Waals surface area contributed by atoms with Crippen molar-refractivity contribution >= 4 is 49.9 Å². The van der Waals surface area contributed by atoms with Gasteiger partial charge in [-0.2, -0.15) is 0 Å². The molecule has 3 heterocycles. The number of nitrogens with zero attached hydrogens (tertiary/aromatic N) is 4. The second kappa shape index (κ2) is 15.6. The van der Waals surface area contributed by atoms with Crippen LogP contribution in [0.2, 0.25) is 0 Å². The molecule has 0 aliphatic heterocycles. The normalized spacial score (nSPS) is 14.1. The van der Waals surface area contributed by atoms with Crippen molar-refractivity contribution in [2.75, 3.05) is 4.90 Å². The number of benzene rings is 9. The Morgan fingerprint density at radius 3 is 1.94 bits per heavy atom. The quantitative estimate of drug-likeness (QED) is 0.160. The van der Waals surface area contributed by atoms with Crippen LogP contribution in [0.1, 0.15) is 47.7 Å². The third-order valence-corrected chi connectivity index (χ3v) is 15.1. The summed E-state index contributed by atoms with van der Waals surface area (Å²) in [6.45, 7) is 4.72. The van der Waals surface area contributed by atoms with Gasteiger partial charge < -0.3 is 9.47 Å². The maximum Gasteiger partial charge on any atom is 0.161 e. The smallest absolute Gasteiger partial charge is 0.161 e. The summed E-state index contributed by atoms with van der Waals surface area (Å²) in [5.41, 5.74) is 23.2. The lowest BCUT2D eigenvalue weighted by Gasteiger charge is -2.32. The molecule has 1 unspecified atom stereocenters. The Labute approximate surface area is 407 Å². The van der Waals surface area contributed by atoms with E-state index < -0.39 is 0 Å². The Morgan fingerprint density at radius 2 is 1.07 bits per heavy atom. The molecule has 0 radical (unpaired) electrons. The van der Waals surface area contributed by atoms with Gasteiger partial charge in [0.05, 0.1) is 39.7 Å². The third-order valence-electron chi connectivity index (χ3n) is 15.1. The van der Waals surface area contributed by atoms with E-state index in [0.717, 1.165) is 50.6 Å². The van der Waals surface area contributed by atoms with Crippen molar-refractivity contribution in [2.45, 2.75) is 25.2 Å². The predicted octanol–water partition coefficient (Wildman–Crippen LogP) is 17.0. The average Bonchev–Trinajstić information content (AvgIpc) is 4.02. The molecule has 4 nitrogen and oxygen atoms in total. The Balaban J connectivity index is 0.971. The van der Waals surface area contributed by atoms with Crippen LogP contribution in [0.5, 0.6) is 0 Å². The Hall–Kier alpha value is -8.86. The summed E-state index contributed by atoms with van der Waals surface area (Å²) < 4.78 is 2.38. The number of rotatable bonds is 7. The zero-order valence-electron chi connectivity index (χ0n) is 38.9. The molecule has 12 aromatic rings. The number of para-hydroxylation sites is 3. The SMILES string of the molecule is CC1(C)c2ccccc2-c2c(N(c3ccccc3-c3ccccc3)c3cc(C4c5ccccc5-c5cc(-c6ccc7c(c6)c6ccccc6n7-c6ccccc6)ccc54)nc4ncccc34)cccc21. The zero-order valence-corrected chi connectivity index (χ0v) is 38.9. The summed E-state index contributed by atoms with van der Waals surface area (Å²) in [5, 5.41) is 3.48. The minimum absolute atomic E-state index is 0.121. The standard InChI is InChI=1S/C66H46N4/c1-66(2)55-29-14-11-27-51(55)64-56(66)30-17-33-61(64)70(58-31-15-12-23-46(58)42-19-5-3-6-20-42)62-41-57(68-65-52(62)28-18-38-67-65)63-49-26-10-9-24-47(49)53-39-43(34-36-50(53)63)44-35-37-60-54(40-44)48-25-13-16-32-59(48)69(60)45-21-7-4-8-22-45/h3-41,63H,1-2H3. The van der Waals surface area contributed by atoms with Crippen LogP contribution >= 0.6 is 0 Å². The first-order chi connectivity index (χ1) is 34.5. The number of aromatic nitrogens is 3. The molecular formula is C66H46N4. The molecular weight excluding hydrogens is 849 g/mol. The van der Waals surface area contributed by atoms with Crippen molar-refractivity contribution < 1.29 is 0 Å². The van der Waals surface area contributed by atoms with E-state index in [2.05, 4.69) is 248 Å². The summed E-state index contributed by atoms with van der Waals surface area (Å²) in [7, 11) is 0. The van der Waals surface area contributed by atoms with Crippen LogP contribution in [-0.2, 0) is 5.41 Å². The van der Waals surface area contributed by atoms with Gasteiger partial charge >= 0.3 is 0 Å². The predicted molar refractivity (Wildman–Crippen MR) is 290 cm³/mol. The first kappa shape index (κ1) is 40.2. The number of fused-ring (bicyclic) bond motifs is 10. The largest absolute Gasteiger partial charge is 0.309 e. The fourth-order valence-corrected chi connectivity index (χ4v) is 11.9. The molecule has 9 aromatic carbocycles. The number of hydrogen-bond acceptors (Lipinski definition) is 3. The van der Waals surface area contributed by atoms with Crippen LogP contribution in [-0.4, -0.2) is 14.5 Å². The third kappa shape index (κ3) is 6.03. The molecule has 2 aliphatic rings. The van der Waals surface area contributed by atoms with Crippen molar-refractivity contribution in [3.8, 4) is 50.2 Å². The highest BCUT2D eigenvalue weighted by atomic mass is 15.2. The average molecular weight is 895 g/mol. The van der Waals surface area contributed by atoms with E-state index in [1.54, 1.807) is 0 Å². The van der Waals surface area contributed by atoms with Gasteiger partial charge in [-0.3, -0.25) is 0 Å². The summed E-state index contributed by atoms with van der Waals surface area (Å²) in [6.07, 6.45) is 1.88. The molecule has 70 heavy (non-hydrogen) atoms. The summed E-state index contributed by atoms with van der Waals surface area (Å²) in [4.78, 5) is 13.1. The Bertz CT molecular complexity index is 4050. The number of pyridine rings is 2. The van der Waals surface area contributed by atoms with Crippen LogP contribution in [0.4, 0.5) is 17.1 Å². The zero-order chi connectivity index (χ0) is 46.5. The minimum Gasteiger partial charge on any atom is -0.309 e. The Kier molecular flexibility index (Phi) is 8.96. The lowest BCUT2D eigenvalue weighted by atomic mass is 9.82. The molecule has 0 amide bonds. The fourth-order valence-electron chi connectivity index (χ4n) is 11.9. The highest BCUT2D eigenvalue weighted by Crippen LogP contribution is 2.56. The van der Waals surface area contributed by atoms with Gasteiger partial charge in [0.2, 0.25) is 0 Å². The van der Waals surface area contributed by atoms with Crippen molar-refractivity contribution in [3.05, 3.63) is 265 Å². The molecule has 0 spiro atoms. The van der Waals surface area contributed by atoms with Crippen LogP contribution in [0.3, 0.4) is 0 Å². The van der Waals surface area contributed by atoms with Gasteiger partial charge in [-0.25, -0.2) is 9.97 Å². The van der Waals surface area contributed by atoms with E-state index in [1.807, 2.05) is 12.3 Å². The lowest BCUT2D eigenvalue weighted by molar-refractivity contribution is 0.660. The van der Waals surface area contributed by atoms with Crippen LogP contribution in [0.25, 0.3) is 83.0 Å². The van der Waals surface area contributed by atoms with Crippen molar-refractivity contribution in [1.29, 1.82) is 0 Å². The molecule has 0 bridgehead atoms. The number of hydrogen-bond donors (Lipinski definition) is 0. The molecule has 4 heteroatoms. The highest BCUT2D eigenvalue weighted by Gasteiger charge is 2.39. The molecule has 3 aromatic heterocycles. The lowest BCUT2D eigenvalue weighted by Crippen LogP contribution is -2.17. The van der Waals surface area contributed by atoms with E-state index >= 15 is 0 Å². The maximum absolute atomic E-state index is 5.53. The van der Waals surface area contributed by atoms with E-state index in [-0.39, 0.29) is 11.3 Å². The summed E-state index contributed by atoms with van der Waals surface area (Å²) >= 11 is 0. The first-order valence-corrected chi connectivity index (χ1v) is 24.3. The molecule has 0 saturated carbocycles. The van der Waals surface area contributed by atoms with Crippen LogP contribution in [0.15, 0.2) is 237 Å². The molecule has 0 N–H and O–H groups in total. The van der Waals surface area contributed by atoms with Crippen molar-refractivity contribution in [1.82, 2.24) is 14.5 Å². The maximum atomic E-state index is 5.53. The summed E-state index contributed by atoms with van der Waals surface area (Å²) in [6, 6.07) is 84.4. The van der Waals surface area contributed by atoms with Gasteiger partial charge in [0.1, 0.15) is 0 Å². The topological polar surface area (TPSA) is 34.0 Å². The molecule has 0 fully saturated rings. The van der Waals surface area contributed by atoms with Crippen LogP contribution in [0, 0.1) is 0 Å². The monoisotopic (exact) mass is 894 g/mol. The van der Waals surface area contributed by atoms with E-state index in [0.29, 0.717) is 0 Å². The van der Waals surface area contributed by atoms with Gasteiger partial charge in [-0.15, -0.1) is 0 Å². The van der Waals surface area contributed by atoms with Crippen LogP contribution < -0.4 is 4.90 Å². The van der Waals surface area contributed by atoms with Gasteiger partial charge in [0.25, 0.3) is 0 Å². The molecule has 330 valence electrons. The van der Waals surface area contributed by atoms with E-state index in [4.69, 9.17) is 9.97 Å². The minimum atomic E-state index is -0.178. The molecule has 2 aliphatic carbocycles. The first-order valence-electron chi connectivity index (χ1n) is 24.3. The Morgan fingerprint density at radius 1 is 0.429 bits per heavy atom. The molecule has 0 saturated heterocycles. The van der Waals surface area contributed by atoms with E-state index in [9.17, 15) is 0 Å². The van der Waals surface area contributed by atoms with Crippen molar-refractivity contribution in [2.24, 2.45) is 0 Å². The molecule has 14 rings (SSSR count). The summed E-state index contributed by atoms with van der Waals surface area (Å²) in [5.74, 6) is -0.121. The van der Waals surface area contributed by atoms with Gasteiger partial charge in [0, 0.05) is 44.6 Å².